The van der Waals surface area contributed by atoms with Crippen molar-refractivity contribution in [2.24, 2.45) is 0 Å². The Morgan fingerprint density at radius 3 is 2.21 bits per heavy atom. The van der Waals surface area contributed by atoms with Gasteiger partial charge in [0.05, 0.1) is 11.6 Å². The molecule has 5 heteroatoms. The highest BCUT2D eigenvalue weighted by Gasteiger charge is 2.25. The number of nitriles is 1. The third-order valence-electron chi connectivity index (χ3n) is 5.72. The van der Waals surface area contributed by atoms with E-state index in [1.54, 1.807) is 23.1 Å². The number of hydrogen-bond donors (Lipinski definition) is 0. The average molecular weight is 389 g/mol. The highest BCUT2D eigenvalue weighted by atomic mass is 16.2. The molecule has 0 bridgehead atoms. The van der Waals surface area contributed by atoms with Gasteiger partial charge >= 0.3 is 0 Å². The zero-order valence-electron chi connectivity index (χ0n) is 17.4. The SMILES string of the molecule is Cc1ccc(CCC(=O)N2CCN(C(=O)c3ccc(C)c(C#N)c3)CC2)cc1C. The van der Waals surface area contributed by atoms with Crippen molar-refractivity contribution in [1.82, 2.24) is 9.80 Å². The normalized spacial score (nSPS) is 13.9. The number of rotatable bonds is 4. The minimum absolute atomic E-state index is 0.0799. The van der Waals surface area contributed by atoms with Crippen LogP contribution in [0.5, 0.6) is 0 Å². The van der Waals surface area contributed by atoms with Crippen molar-refractivity contribution in [2.75, 3.05) is 26.2 Å². The molecule has 0 atom stereocenters. The van der Waals surface area contributed by atoms with E-state index in [9.17, 15) is 14.9 Å². The smallest absolute Gasteiger partial charge is 0.254 e. The Labute approximate surface area is 172 Å². The molecule has 0 N–H and O–H groups in total. The Kier molecular flexibility index (Phi) is 6.33. The van der Waals surface area contributed by atoms with E-state index in [4.69, 9.17) is 0 Å². The Morgan fingerprint density at radius 1 is 0.897 bits per heavy atom. The first-order chi connectivity index (χ1) is 13.9. The van der Waals surface area contributed by atoms with E-state index in [-0.39, 0.29) is 11.8 Å². The van der Waals surface area contributed by atoms with E-state index in [1.165, 1.54) is 16.7 Å². The summed E-state index contributed by atoms with van der Waals surface area (Å²) in [7, 11) is 0. The zero-order valence-corrected chi connectivity index (χ0v) is 17.4. The molecular formula is C24H27N3O2. The molecule has 0 unspecified atom stereocenters. The molecule has 1 saturated heterocycles. The number of amides is 2. The summed E-state index contributed by atoms with van der Waals surface area (Å²) in [6.07, 6.45) is 1.22. The number of carbonyl (C=O) groups excluding carboxylic acids is 2. The van der Waals surface area contributed by atoms with E-state index in [2.05, 4.69) is 38.1 Å². The molecule has 2 amide bonds. The highest BCUT2D eigenvalue weighted by molar-refractivity contribution is 5.95. The van der Waals surface area contributed by atoms with Crippen LogP contribution in [0.15, 0.2) is 36.4 Å². The first-order valence-corrected chi connectivity index (χ1v) is 10.0. The fourth-order valence-electron chi connectivity index (χ4n) is 3.59. The van der Waals surface area contributed by atoms with Crippen molar-refractivity contribution < 1.29 is 9.59 Å². The van der Waals surface area contributed by atoms with E-state index in [1.807, 2.05) is 11.8 Å². The number of carbonyl (C=O) groups is 2. The Morgan fingerprint density at radius 2 is 1.55 bits per heavy atom. The fourth-order valence-corrected chi connectivity index (χ4v) is 3.59. The predicted octanol–water partition coefficient (Wildman–Crippen LogP) is 3.40. The van der Waals surface area contributed by atoms with Gasteiger partial charge in [0.1, 0.15) is 0 Å². The van der Waals surface area contributed by atoms with Crippen molar-refractivity contribution in [3.05, 3.63) is 69.8 Å². The summed E-state index contributed by atoms with van der Waals surface area (Å²) in [5.74, 6) is 0.0566. The lowest BCUT2D eigenvalue weighted by Crippen LogP contribution is -2.50. The molecule has 1 aliphatic heterocycles. The molecule has 0 radical (unpaired) electrons. The lowest BCUT2D eigenvalue weighted by molar-refractivity contribution is -0.132. The van der Waals surface area contributed by atoms with Crippen LogP contribution in [0.2, 0.25) is 0 Å². The maximum absolute atomic E-state index is 12.7. The first-order valence-electron chi connectivity index (χ1n) is 10.0. The quantitative estimate of drug-likeness (QED) is 0.805. The molecule has 2 aromatic rings. The molecule has 1 fully saturated rings. The van der Waals surface area contributed by atoms with Gasteiger partial charge in [-0.3, -0.25) is 9.59 Å². The lowest BCUT2D eigenvalue weighted by atomic mass is 10.0. The fraction of sp³-hybridized carbons (Fsp3) is 0.375. The standard InChI is InChI=1S/C24H27N3O2/c1-17-4-6-20(14-19(17)3)7-9-23(28)26-10-12-27(13-11-26)24(29)21-8-5-18(2)22(15-21)16-25/h4-6,8,14-15H,7,9-13H2,1-3H3. The minimum Gasteiger partial charge on any atom is -0.339 e. The molecule has 0 aliphatic carbocycles. The summed E-state index contributed by atoms with van der Waals surface area (Å²) in [5.41, 5.74) is 5.61. The van der Waals surface area contributed by atoms with Crippen molar-refractivity contribution in [3.63, 3.8) is 0 Å². The van der Waals surface area contributed by atoms with Crippen LogP contribution < -0.4 is 0 Å². The third-order valence-corrected chi connectivity index (χ3v) is 5.72. The summed E-state index contributed by atoms with van der Waals surface area (Å²) in [5, 5.41) is 9.17. The van der Waals surface area contributed by atoms with Crippen LogP contribution in [-0.4, -0.2) is 47.8 Å². The van der Waals surface area contributed by atoms with E-state index >= 15 is 0 Å². The predicted molar refractivity (Wildman–Crippen MR) is 113 cm³/mol. The van der Waals surface area contributed by atoms with Crippen LogP contribution >= 0.6 is 0 Å². The van der Waals surface area contributed by atoms with Crippen LogP contribution in [0, 0.1) is 32.1 Å². The summed E-state index contributed by atoms with van der Waals surface area (Å²) in [4.78, 5) is 28.9. The topological polar surface area (TPSA) is 64.4 Å². The van der Waals surface area contributed by atoms with Gasteiger partial charge in [-0.2, -0.15) is 5.26 Å². The number of piperazine rings is 1. The van der Waals surface area contributed by atoms with Gasteiger partial charge in [-0.25, -0.2) is 0 Å². The number of nitrogens with zero attached hydrogens (tertiary/aromatic N) is 3. The van der Waals surface area contributed by atoms with Crippen LogP contribution in [0.25, 0.3) is 0 Å². The van der Waals surface area contributed by atoms with Gasteiger partial charge in [0, 0.05) is 38.2 Å². The molecule has 5 nitrogen and oxygen atoms in total. The van der Waals surface area contributed by atoms with Crippen molar-refractivity contribution in [1.29, 1.82) is 5.26 Å². The molecule has 0 aromatic heterocycles. The van der Waals surface area contributed by atoms with E-state index in [0.717, 1.165) is 12.0 Å². The van der Waals surface area contributed by atoms with E-state index < -0.39 is 0 Å². The van der Waals surface area contributed by atoms with Crippen molar-refractivity contribution >= 4 is 11.8 Å². The van der Waals surface area contributed by atoms with Crippen molar-refractivity contribution in [2.45, 2.75) is 33.6 Å². The minimum atomic E-state index is -0.0799. The second kappa shape index (κ2) is 8.91. The highest BCUT2D eigenvalue weighted by Crippen LogP contribution is 2.15. The molecule has 3 rings (SSSR count). The second-order valence-electron chi connectivity index (χ2n) is 7.73. The monoisotopic (exact) mass is 389 g/mol. The van der Waals surface area contributed by atoms with Gasteiger partial charge in [0.25, 0.3) is 5.91 Å². The molecule has 0 saturated carbocycles. The largest absolute Gasteiger partial charge is 0.339 e. The Hall–Kier alpha value is -3.13. The Bertz CT molecular complexity index is 967. The summed E-state index contributed by atoms with van der Waals surface area (Å²) in [6.45, 7) is 8.17. The first kappa shape index (κ1) is 20.6. The zero-order chi connectivity index (χ0) is 21.0. The number of benzene rings is 2. The summed E-state index contributed by atoms with van der Waals surface area (Å²) >= 11 is 0. The van der Waals surface area contributed by atoms with Gasteiger partial charge in [0.2, 0.25) is 5.91 Å². The maximum atomic E-state index is 12.7. The summed E-state index contributed by atoms with van der Waals surface area (Å²) in [6, 6.07) is 13.7. The van der Waals surface area contributed by atoms with Gasteiger partial charge in [0.15, 0.2) is 0 Å². The van der Waals surface area contributed by atoms with Crippen LogP contribution in [0.3, 0.4) is 0 Å². The van der Waals surface area contributed by atoms with Crippen LogP contribution in [-0.2, 0) is 11.2 Å². The summed E-state index contributed by atoms with van der Waals surface area (Å²) < 4.78 is 0. The molecule has 2 aromatic carbocycles. The van der Waals surface area contributed by atoms with Gasteiger partial charge in [-0.05, 0) is 61.6 Å². The maximum Gasteiger partial charge on any atom is 0.254 e. The van der Waals surface area contributed by atoms with Crippen LogP contribution in [0.1, 0.15) is 44.6 Å². The lowest BCUT2D eigenvalue weighted by Gasteiger charge is -2.35. The van der Waals surface area contributed by atoms with E-state index in [0.29, 0.717) is 43.7 Å². The molecule has 1 aliphatic rings. The number of hydrogen-bond acceptors (Lipinski definition) is 3. The van der Waals surface area contributed by atoms with Crippen LogP contribution in [0.4, 0.5) is 0 Å². The van der Waals surface area contributed by atoms with Gasteiger partial charge in [-0.15, -0.1) is 0 Å². The Balaban J connectivity index is 1.53. The molecule has 0 spiro atoms. The number of aryl methyl sites for hydroxylation is 4. The van der Waals surface area contributed by atoms with Gasteiger partial charge in [-0.1, -0.05) is 24.3 Å². The molecule has 150 valence electrons. The van der Waals surface area contributed by atoms with Crippen molar-refractivity contribution in [3.8, 4) is 6.07 Å². The second-order valence-corrected chi connectivity index (χ2v) is 7.73. The molecule has 1 heterocycles. The third kappa shape index (κ3) is 4.83. The molecule has 29 heavy (non-hydrogen) atoms. The molecular weight excluding hydrogens is 362 g/mol. The average Bonchev–Trinajstić information content (AvgIpc) is 2.74. The van der Waals surface area contributed by atoms with Gasteiger partial charge < -0.3 is 9.80 Å².